The molecule has 0 aromatic rings. The van der Waals surface area contributed by atoms with Gasteiger partial charge in [-0.25, -0.2) is 0 Å². The van der Waals surface area contributed by atoms with Crippen LogP contribution in [0.15, 0.2) is 24.2 Å². The Morgan fingerprint density at radius 2 is 1.22 bits per heavy atom. The molecular formula is C24H44O3. The summed E-state index contributed by atoms with van der Waals surface area (Å²) in [5.74, 6) is 0.391. The van der Waals surface area contributed by atoms with Crippen LogP contribution in [-0.2, 0) is 14.3 Å². The molecule has 0 amide bonds. The van der Waals surface area contributed by atoms with E-state index < -0.39 is 0 Å². The number of unbranched alkanes of at least 4 members (excludes halogenated alkanes) is 14. The number of hydrogen-bond donors (Lipinski definition) is 0. The van der Waals surface area contributed by atoms with Gasteiger partial charge in [0, 0.05) is 0 Å². The highest BCUT2D eigenvalue weighted by Crippen LogP contribution is 2.11. The molecule has 0 atom stereocenters. The molecule has 0 fully saturated rings. The number of rotatable bonds is 21. The molecule has 0 aliphatic rings. The normalized spacial score (nSPS) is 11.9. The van der Waals surface area contributed by atoms with Gasteiger partial charge in [0.2, 0.25) is 6.79 Å². The lowest BCUT2D eigenvalue weighted by Gasteiger charge is -2.05. The zero-order valence-corrected chi connectivity index (χ0v) is 18.1. The van der Waals surface area contributed by atoms with Gasteiger partial charge in [0.25, 0.3) is 0 Å². The fraction of sp³-hybridized carbons (Fsp3) is 0.792. The van der Waals surface area contributed by atoms with Crippen LogP contribution in [0.3, 0.4) is 0 Å². The second-order valence-electron chi connectivity index (χ2n) is 7.34. The Hall–Kier alpha value is -1.25. The van der Waals surface area contributed by atoms with Crippen molar-refractivity contribution in [2.75, 3.05) is 6.79 Å². The minimum Gasteiger partial charge on any atom is -0.465 e. The number of ether oxygens (including phenoxy) is 2. The van der Waals surface area contributed by atoms with Gasteiger partial charge in [-0.2, -0.15) is 0 Å². The summed E-state index contributed by atoms with van der Waals surface area (Å²) in [7, 11) is 0. The van der Waals surface area contributed by atoms with E-state index in [4.69, 9.17) is 9.47 Å². The van der Waals surface area contributed by atoms with Crippen molar-refractivity contribution >= 4 is 6.29 Å². The van der Waals surface area contributed by atoms with Gasteiger partial charge in [0.1, 0.15) is 0 Å². The maximum atomic E-state index is 11.0. The van der Waals surface area contributed by atoms with Gasteiger partial charge in [0.05, 0.1) is 6.26 Å². The molecule has 158 valence electrons. The molecule has 27 heavy (non-hydrogen) atoms. The number of carbonyl (C=O) groups excluding carboxylic acids is 1. The van der Waals surface area contributed by atoms with Crippen molar-refractivity contribution in [3.8, 4) is 0 Å². The van der Waals surface area contributed by atoms with Crippen LogP contribution in [0.2, 0.25) is 0 Å². The first kappa shape index (κ1) is 25.8. The summed E-state index contributed by atoms with van der Waals surface area (Å²) in [4.78, 5) is 11.0. The maximum absolute atomic E-state index is 11.0. The van der Waals surface area contributed by atoms with E-state index in [1.54, 1.807) is 6.26 Å². The number of carbonyl (C=O) groups is 1. The molecule has 0 saturated carbocycles. The highest BCUT2D eigenvalue weighted by Gasteiger charge is 1.96. The van der Waals surface area contributed by atoms with E-state index in [2.05, 4.69) is 13.8 Å². The molecule has 0 rings (SSSR count). The summed E-state index contributed by atoms with van der Waals surface area (Å²) in [5.41, 5.74) is 0. The number of allylic oxidation sites excluding steroid dienone is 3. The lowest BCUT2D eigenvalue weighted by atomic mass is 10.1. The minimum atomic E-state index is 0.106. The van der Waals surface area contributed by atoms with Gasteiger partial charge >= 0.3 is 0 Å². The molecule has 0 bridgehead atoms. The second kappa shape index (κ2) is 22.8. The summed E-state index contributed by atoms with van der Waals surface area (Å²) < 4.78 is 10.6. The number of hydrogen-bond acceptors (Lipinski definition) is 3. The first-order valence-corrected chi connectivity index (χ1v) is 11.4. The predicted molar refractivity (Wildman–Crippen MR) is 116 cm³/mol. The molecule has 0 spiro atoms. The number of aldehydes is 1. The zero-order chi connectivity index (χ0) is 19.8. The third kappa shape index (κ3) is 20.9. The molecule has 3 nitrogen and oxygen atoms in total. The Kier molecular flexibility index (Phi) is 21.7. The smallest absolute Gasteiger partial charge is 0.230 e. The Labute approximate surface area is 168 Å². The highest BCUT2D eigenvalue weighted by molar-refractivity contribution is 5.69. The van der Waals surface area contributed by atoms with Crippen molar-refractivity contribution in [1.29, 1.82) is 0 Å². The fourth-order valence-corrected chi connectivity index (χ4v) is 2.98. The Bertz CT molecular complexity index is 361. The van der Waals surface area contributed by atoms with E-state index in [0.717, 1.165) is 25.5 Å². The van der Waals surface area contributed by atoms with Crippen LogP contribution in [0.1, 0.15) is 117 Å². The largest absolute Gasteiger partial charge is 0.465 e. The van der Waals surface area contributed by atoms with Crippen LogP contribution < -0.4 is 0 Å². The van der Waals surface area contributed by atoms with Crippen molar-refractivity contribution in [3.05, 3.63) is 24.2 Å². The Balaban J connectivity index is 3.50. The van der Waals surface area contributed by atoms with Crippen molar-refractivity contribution < 1.29 is 14.3 Å². The molecule has 0 aliphatic heterocycles. The van der Waals surface area contributed by atoms with Gasteiger partial charge < -0.3 is 9.47 Å². The van der Waals surface area contributed by atoms with Crippen molar-refractivity contribution in [3.63, 3.8) is 0 Å². The van der Waals surface area contributed by atoms with Gasteiger partial charge in [-0.15, -0.1) is 0 Å². The summed E-state index contributed by atoms with van der Waals surface area (Å²) in [6.45, 7) is 4.59. The molecule has 3 heteroatoms. The zero-order valence-electron chi connectivity index (χ0n) is 18.1. The summed E-state index contributed by atoms with van der Waals surface area (Å²) in [6.07, 6.45) is 26.5. The van der Waals surface area contributed by atoms with E-state index in [9.17, 15) is 4.79 Å². The van der Waals surface area contributed by atoms with Crippen LogP contribution in [0.4, 0.5) is 0 Å². The molecule has 0 unspecified atom stereocenters. The highest BCUT2D eigenvalue weighted by atomic mass is 16.7. The lowest BCUT2D eigenvalue weighted by Crippen LogP contribution is -1.97. The van der Waals surface area contributed by atoms with Gasteiger partial charge in [0.15, 0.2) is 12.0 Å². The fourth-order valence-electron chi connectivity index (χ4n) is 2.98. The lowest BCUT2D eigenvalue weighted by molar-refractivity contribution is -0.109. The summed E-state index contributed by atoms with van der Waals surface area (Å²) >= 11 is 0. The third-order valence-electron chi connectivity index (χ3n) is 4.73. The maximum Gasteiger partial charge on any atom is 0.230 e. The van der Waals surface area contributed by atoms with E-state index in [0.29, 0.717) is 5.76 Å². The minimum absolute atomic E-state index is 0.106. The van der Waals surface area contributed by atoms with Crippen molar-refractivity contribution in [2.45, 2.75) is 117 Å². The first-order valence-electron chi connectivity index (χ1n) is 11.4. The molecule has 0 N–H and O–H groups in total. The van der Waals surface area contributed by atoms with E-state index in [1.165, 1.54) is 83.5 Å². The SMILES string of the molecule is CCCCCCCC=COCOC(C=O)=CCCCCCCCCCCC. The van der Waals surface area contributed by atoms with Crippen LogP contribution in [-0.4, -0.2) is 13.1 Å². The average Bonchev–Trinajstić information content (AvgIpc) is 2.69. The average molecular weight is 381 g/mol. The quantitative estimate of drug-likeness (QED) is 0.0668. The third-order valence-corrected chi connectivity index (χ3v) is 4.73. The summed E-state index contributed by atoms with van der Waals surface area (Å²) in [5, 5.41) is 0. The van der Waals surface area contributed by atoms with Gasteiger partial charge in [-0.05, 0) is 37.8 Å². The molecule has 0 aliphatic carbocycles. The van der Waals surface area contributed by atoms with E-state index in [1.807, 2.05) is 12.2 Å². The molecule has 0 heterocycles. The van der Waals surface area contributed by atoms with Gasteiger partial charge in [-0.1, -0.05) is 90.9 Å². The monoisotopic (exact) mass is 380 g/mol. The predicted octanol–water partition coefficient (Wildman–Crippen LogP) is 7.86. The molecule has 0 aromatic heterocycles. The topological polar surface area (TPSA) is 35.5 Å². The summed E-state index contributed by atoms with van der Waals surface area (Å²) in [6, 6.07) is 0. The van der Waals surface area contributed by atoms with Crippen molar-refractivity contribution in [2.24, 2.45) is 0 Å². The van der Waals surface area contributed by atoms with Crippen LogP contribution in [0.5, 0.6) is 0 Å². The van der Waals surface area contributed by atoms with Crippen LogP contribution in [0.25, 0.3) is 0 Å². The van der Waals surface area contributed by atoms with E-state index >= 15 is 0 Å². The molecular weight excluding hydrogens is 336 g/mol. The molecule has 0 saturated heterocycles. The van der Waals surface area contributed by atoms with Gasteiger partial charge in [-0.3, -0.25) is 4.79 Å². The Morgan fingerprint density at radius 3 is 1.78 bits per heavy atom. The second-order valence-corrected chi connectivity index (χ2v) is 7.34. The Morgan fingerprint density at radius 1 is 0.704 bits per heavy atom. The molecule has 0 aromatic carbocycles. The van der Waals surface area contributed by atoms with E-state index in [-0.39, 0.29) is 6.79 Å². The van der Waals surface area contributed by atoms with Crippen LogP contribution in [0, 0.1) is 0 Å². The molecule has 0 radical (unpaired) electrons. The van der Waals surface area contributed by atoms with Crippen LogP contribution >= 0.6 is 0 Å². The van der Waals surface area contributed by atoms with Crippen molar-refractivity contribution in [1.82, 2.24) is 0 Å². The standard InChI is InChI=1S/C24H44O3/c1-3-5-7-9-11-12-13-14-16-18-20-24(22-25)27-23-26-21-19-17-15-10-8-6-4-2/h19-22H,3-18,23H2,1-2H3. The first-order chi connectivity index (χ1) is 13.3.